The number of benzene rings is 3. The van der Waals surface area contributed by atoms with Crippen molar-refractivity contribution in [2.24, 2.45) is 0 Å². The molecule has 0 bridgehead atoms. The number of rotatable bonds is 8. The Labute approximate surface area is 207 Å². The summed E-state index contributed by atoms with van der Waals surface area (Å²) in [6.07, 6.45) is -0.356. The zero-order valence-electron chi connectivity index (χ0n) is 19.7. The van der Waals surface area contributed by atoms with Crippen LogP contribution in [-0.4, -0.2) is 42.3 Å². The minimum absolute atomic E-state index is 0.252. The van der Waals surface area contributed by atoms with Crippen LogP contribution in [0.2, 0.25) is 0 Å². The highest BCUT2D eigenvalue weighted by molar-refractivity contribution is 6.21. The van der Waals surface area contributed by atoms with Crippen LogP contribution in [0.1, 0.15) is 56.0 Å². The van der Waals surface area contributed by atoms with Gasteiger partial charge in [-0.15, -0.1) is 0 Å². The Hall–Kier alpha value is -4.66. The molecule has 0 fully saturated rings. The summed E-state index contributed by atoms with van der Waals surface area (Å²) in [5, 5.41) is 0. The number of fused-ring (bicyclic) bond motifs is 1. The van der Waals surface area contributed by atoms with Crippen LogP contribution < -0.4 is 15.0 Å². The maximum absolute atomic E-state index is 13.2. The molecule has 1 atom stereocenters. The van der Waals surface area contributed by atoms with Crippen molar-refractivity contribution in [1.82, 2.24) is 10.4 Å². The lowest BCUT2D eigenvalue weighted by Gasteiger charge is -2.27. The van der Waals surface area contributed by atoms with E-state index in [0.29, 0.717) is 23.7 Å². The van der Waals surface area contributed by atoms with Crippen molar-refractivity contribution in [3.63, 3.8) is 0 Å². The lowest BCUT2D eigenvalue weighted by molar-refractivity contribution is -0.130. The number of hydroxylamine groups is 1. The van der Waals surface area contributed by atoms with Crippen LogP contribution in [-0.2, 0) is 9.63 Å². The smallest absolute Gasteiger partial charge is 0.362 e. The molecule has 1 N–H and O–H groups in total. The van der Waals surface area contributed by atoms with E-state index in [9.17, 15) is 19.2 Å². The standard InChI is InChI=1S/C27H24N2O7/c1-3-35-23-15-18(13-14-22(23)34-2)21(29-25(31)19-11-7-8-12-20(19)26(29)32)16-24(30)28-36-27(33)17-9-5-4-6-10-17/h4-15,21H,3,16H2,1-2H3,(H,28,30). The number of nitrogens with one attached hydrogen (secondary N) is 1. The molecule has 9 nitrogen and oxygen atoms in total. The Morgan fingerprint density at radius 3 is 2.14 bits per heavy atom. The first kappa shape index (κ1) is 24.5. The summed E-state index contributed by atoms with van der Waals surface area (Å²) in [6, 6.07) is 18.5. The van der Waals surface area contributed by atoms with Gasteiger partial charge in [-0.25, -0.2) is 4.79 Å². The van der Waals surface area contributed by atoms with Gasteiger partial charge in [0.2, 0.25) is 0 Å². The first-order valence-electron chi connectivity index (χ1n) is 11.3. The molecule has 0 saturated heterocycles. The zero-order valence-corrected chi connectivity index (χ0v) is 19.7. The molecule has 36 heavy (non-hydrogen) atoms. The monoisotopic (exact) mass is 488 g/mol. The number of carbonyl (C=O) groups is 4. The molecule has 0 aliphatic carbocycles. The Kier molecular flexibility index (Phi) is 7.29. The first-order valence-corrected chi connectivity index (χ1v) is 11.3. The van der Waals surface area contributed by atoms with E-state index in [0.717, 1.165) is 4.90 Å². The van der Waals surface area contributed by atoms with Gasteiger partial charge in [0.15, 0.2) is 11.5 Å². The van der Waals surface area contributed by atoms with Gasteiger partial charge in [-0.3, -0.25) is 19.3 Å². The van der Waals surface area contributed by atoms with Gasteiger partial charge in [-0.05, 0) is 48.9 Å². The fourth-order valence-corrected chi connectivity index (χ4v) is 3.97. The van der Waals surface area contributed by atoms with Crippen molar-refractivity contribution in [3.05, 3.63) is 95.1 Å². The molecule has 1 unspecified atom stereocenters. The third-order valence-electron chi connectivity index (χ3n) is 5.66. The van der Waals surface area contributed by atoms with Gasteiger partial charge in [0.1, 0.15) is 0 Å². The second-order valence-electron chi connectivity index (χ2n) is 7.87. The maximum atomic E-state index is 13.2. The summed E-state index contributed by atoms with van der Waals surface area (Å²) < 4.78 is 11.0. The highest BCUT2D eigenvalue weighted by Gasteiger charge is 2.41. The van der Waals surface area contributed by atoms with Crippen molar-refractivity contribution < 1.29 is 33.5 Å². The molecule has 1 heterocycles. The van der Waals surface area contributed by atoms with E-state index in [1.165, 1.54) is 7.11 Å². The van der Waals surface area contributed by atoms with Crippen LogP contribution in [0.5, 0.6) is 11.5 Å². The number of hydrogen-bond acceptors (Lipinski definition) is 7. The summed E-state index contributed by atoms with van der Waals surface area (Å²) in [6.45, 7) is 2.16. The largest absolute Gasteiger partial charge is 0.493 e. The summed E-state index contributed by atoms with van der Waals surface area (Å²) in [5.74, 6) is -1.64. The van der Waals surface area contributed by atoms with Crippen molar-refractivity contribution in [3.8, 4) is 11.5 Å². The van der Waals surface area contributed by atoms with Gasteiger partial charge in [0, 0.05) is 0 Å². The molecule has 3 aromatic rings. The topological polar surface area (TPSA) is 111 Å². The molecule has 1 aliphatic rings. The molecular weight excluding hydrogens is 464 g/mol. The lowest BCUT2D eigenvalue weighted by Crippen LogP contribution is -2.38. The average molecular weight is 488 g/mol. The van der Waals surface area contributed by atoms with Crippen LogP contribution in [0.3, 0.4) is 0 Å². The Morgan fingerprint density at radius 2 is 1.53 bits per heavy atom. The fourth-order valence-electron chi connectivity index (χ4n) is 3.97. The van der Waals surface area contributed by atoms with Crippen LogP contribution >= 0.6 is 0 Å². The molecule has 1 aliphatic heterocycles. The first-order chi connectivity index (χ1) is 17.4. The maximum Gasteiger partial charge on any atom is 0.362 e. The molecule has 3 amide bonds. The molecular formula is C27H24N2O7. The number of methoxy groups -OCH3 is 1. The molecule has 184 valence electrons. The van der Waals surface area contributed by atoms with E-state index < -0.39 is 29.7 Å². The number of nitrogens with zero attached hydrogens (tertiary/aromatic N) is 1. The van der Waals surface area contributed by atoms with Crippen LogP contribution in [0.15, 0.2) is 72.8 Å². The SMILES string of the molecule is CCOc1cc(C(CC(=O)NOC(=O)c2ccccc2)N2C(=O)c3ccccc3C2=O)ccc1OC. The molecule has 3 aromatic carbocycles. The minimum Gasteiger partial charge on any atom is -0.493 e. The van der Waals surface area contributed by atoms with Crippen molar-refractivity contribution in [1.29, 1.82) is 0 Å². The van der Waals surface area contributed by atoms with E-state index in [2.05, 4.69) is 5.48 Å². The Bertz CT molecular complexity index is 1270. The quantitative estimate of drug-likeness (QED) is 0.380. The number of imide groups is 1. The van der Waals surface area contributed by atoms with Gasteiger partial charge < -0.3 is 14.3 Å². The number of amides is 3. The van der Waals surface area contributed by atoms with Gasteiger partial charge in [0.25, 0.3) is 17.7 Å². The lowest BCUT2D eigenvalue weighted by atomic mass is 10.0. The predicted octanol–water partition coefficient (Wildman–Crippen LogP) is 3.71. The average Bonchev–Trinajstić information content (AvgIpc) is 3.16. The molecule has 4 rings (SSSR count). The summed E-state index contributed by atoms with van der Waals surface area (Å²) in [7, 11) is 1.49. The van der Waals surface area contributed by atoms with Gasteiger partial charge in [-0.2, -0.15) is 5.48 Å². The van der Waals surface area contributed by atoms with E-state index >= 15 is 0 Å². The molecule has 0 radical (unpaired) electrons. The highest BCUT2D eigenvalue weighted by atomic mass is 16.7. The van der Waals surface area contributed by atoms with E-state index in [4.69, 9.17) is 14.3 Å². The Morgan fingerprint density at radius 1 is 0.889 bits per heavy atom. The van der Waals surface area contributed by atoms with Crippen molar-refractivity contribution >= 4 is 23.7 Å². The molecule has 0 saturated carbocycles. The van der Waals surface area contributed by atoms with E-state index in [-0.39, 0.29) is 23.1 Å². The van der Waals surface area contributed by atoms with E-state index in [1.54, 1.807) is 72.8 Å². The van der Waals surface area contributed by atoms with Crippen molar-refractivity contribution in [2.45, 2.75) is 19.4 Å². The number of carbonyl (C=O) groups excluding carboxylic acids is 4. The predicted molar refractivity (Wildman–Crippen MR) is 128 cm³/mol. The minimum atomic E-state index is -1.00. The van der Waals surface area contributed by atoms with Gasteiger partial charge in [-0.1, -0.05) is 36.4 Å². The van der Waals surface area contributed by atoms with Crippen LogP contribution in [0.25, 0.3) is 0 Å². The van der Waals surface area contributed by atoms with E-state index in [1.807, 2.05) is 6.92 Å². The third-order valence-corrected chi connectivity index (χ3v) is 5.66. The molecule has 0 spiro atoms. The summed E-state index contributed by atoms with van der Waals surface area (Å²) in [4.78, 5) is 57.5. The van der Waals surface area contributed by atoms with Crippen molar-refractivity contribution in [2.75, 3.05) is 13.7 Å². The Balaban J connectivity index is 1.62. The number of hydrogen-bond donors (Lipinski definition) is 1. The zero-order chi connectivity index (χ0) is 25.7. The van der Waals surface area contributed by atoms with Crippen LogP contribution in [0.4, 0.5) is 0 Å². The summed E-state index contributed by atoms with van der Waals surface area (Å²) in [5.41, 5.74) is 3.35. The second-order valence-corrected chi connectivity index (χ2v) is 7.87. The molecule has 0 aromatic heterocycles. The second kappa shape index (κ2) is 10.7. The molecule has 9 heteroatoms. The number of ether oxygens (including phenoxy) is 2. The van der Waals surface area contributed by atoms with Gasteiger partial charge >= 0.3 is 5.97 Å². The summed E-state index contributed by atoms with van der Waals surface area (Å²) >= 11 is 0. The van der Waals surface area contributed by atoms with Gasteiger partial charge in [0.05, 0.1) is 42.9 Å². The third kappa shape index (κ3) is 4.90. The van der Waals surface area contributed by atoms with Crippen LogP contribution in [0, 0.1) is 0 Å². The highest BCUT2D eigenvalue weighted by Crippen LogP contribution is 2.37. The fraction of sp³-hybridized carbons (Fsp3) is 0.185. The normalized spacial score (nSPS) is 13.1.